The van der Waals surface area contributed by atoms with E-state index in [1.165, 1.54) is 12.1 Å². The summed E-state index contributed by atoms with van der Waals surface area (Å²) in [5.74, 6) is -0.213. The Balaban J connectivity index is 1.50. The number of carbonyl (C=O) groups excluding carboxylic acids is 1. The minimum atomic E-state index is -3.66. The van der Waals surface area contributed by atoms with E-state index in [9.17, 15) is 18.3 Å². The summed E-state index contributed by atoms with van der Waals surface area (Å²) < 4.78 is 33.2. The number of nitrogens with one attached hydrogen (secondary N) is 2. The van der Waals surface area contributed by atoms with Crippen molar-refractivity contribution < 1.29 is 23.1 Å². The minimum Gasteiger partial charge on any atom is -0.394 e. The first-order valence-electron chi connectivity index (χ1n) is 9.76. The third kappa shape index (κ3) is 6.02. The molecule has 1 heterocycles. The maximum absolute atomic E-state index is 12.4. The van der Waals surface area contributed by atoms with Crippen molar-refractivity contribution in [3.8, 4) is 0 Å². The lowest BCUT2D eigenvalue weighted by atomic mass is 9.97. The highest BCUT2D eigenvalue weighted by Gasteiger charge is 2.32. The van der Waals surface area contributed by atoms with Gasteiger partial charge in [-0.3, -0.25) is 4.79 Å². The molecule has 0 aromatic heterocycles. The molecule has 7 nitrogen and oxygen atoms in total. The lowest BCUT2D eigenvalue weighted by Gasteiger charge is -2.36. The number of aliphatic hydroxyl groups is 1. The van der Waals surface area contributed by atoms with Crippen molar-refractivity contribution in [2.24, 2.45) is 0 Å². The zero-order valence-electron chi connectivity index (χ0n) is 16.3. The largest absolute Gasteiger partial charge is 0.394 e. The number of rotatable bonds is 8. The van der Waals surface area contributed by atoms with Crippen molar-refractivity contribution >= 4 is 27.5 Å². The summed E-state index contributed by atoms with van der Waals surface area (Å²) in [6.45, 7) is -0.0385. The Morgan fingerprint density at radius 2 is 1.90 bits per heavy atom. The van der Waals surface area contributed by atoms with E-state index in [2.05, 4.69) is 10.0 Å². The molecule has 0 spiro atoms. The smallest absolute Gasteiger partial charge is 0.251 e. The molecule has 2 aromatic rings. The van der Waals surface area contributed by atoms with E-state index in [0.717, 1.165) is 0 Å². The molecule has 3 rings (SSSR count). The highest BCUT2D eigenvalue weighted by Crippen LogP contribution is 2.22. The molecule has 0 unspecified atom stereocenters. The molecule has 0 aliphatic carbocycles. The quantitative estimate of drug-likeness (QED) is 0.570. The number of hydrogen-bond acceptors (Lipinski definition) is 5. The third-order valence-corrected chi connectivity index (χ3v) is 6.71. The van der Waals surface area contributed by atoms with Crippen LogP contribution in [0, 0.1) is 0 Å². The second-order valence-corrected chi connectivity index (χ2v) is 9.35. The molecular formula is C21H25ClN2O5S. The molecule has 0 radical (unpaired) electrons. The number of benzene rings is 2. The number of hydrogen-bond donors (Lipinski definition) is 3. The molecule has 0 bridgehead atoms. The summed E-state index contributed by atoms with van der Waals surface area (Å²) in [4.78, 5) is 12.5. The summed E-state index contributed by atoms with van der Waals surface area (Å²) >= 11 is 5.86. The number of halogens is 1. The lowest BCUT2D eigenvalue weighted by molar-refractivity contribution is -0.0891. The zero-order chi connectivity index (χ0) is 21.6. The number of carbonyl (C=O) groups is 1. The van der Waals surface area contributed by atoms with Crippen LogP contribution in [0.5, 0.6) is 0 Å². The Hall–Kier alpha value is -1.97. The predicted molar refractivity (Wildman–Crippen MR) is 114 cm³/mol. The Morgan fingerprint density at radius 1 is 1.13 bits per heavy atom. The SMILES string of the molecule is O=C(N[C@H]1CC[C@@H](CCNS(=O)(=O)c2cccc(Cl)c2)O[C@@H]1CO)c1ccccc1. The van der Waals surface area contributed by atoms with Gasteiger partial charge in [-0.15, -0.1) is 0 Å². The second kappa shape index (κ2) is 10.4. The van der Waals surface area contributed by atoms with Crippen molar-refractivity contribution in [3.63, 3.8) is 0 Å². The van der Waals surface area contributed by atoms with Gasteiger partial charge in [0, 0.05) is 17.1 Å². The molecule has 1 aliphatic rings. The Labute approximate surface area is 181 Å². The average molecular weight is 453 g/mol. The van der Waals surface area contributed by atoms with Crippen molar-refractivity contribution in [2.45, 2.75) is 42.4 Å². The Kier molecular flexibility index (Phi) is 7.85. The van der Waals surface area contributed by atoms with Gasteiger partial charge in [0.05, 0.1) is 23.6 Å². The van der Waals surface area contributed by atoms with E-state index in [0.29, 0.717) is 29.8 Å². The van der Waals surface area contributed by atoms with Crippen LogP contribution in [-0.2, 0) is 14.8 Å². The van der Waals surface area contributed by atoms with E-state index in [-0.39, 0.29) is 36.1 Å². The average Bonchev–Trinajstić information content (AvgIpc) is 2.75. The fraction of sp³-hybridized carbons (Fsp3) is 0.381. The van der Waals surface area contributed by atoms with Crippen LogP contribution in [0.25, 0.3) is 0 Å². The first kappa shape index (κ1) is 22.7. The highest BCUT2D eigenvalue weighted by molar-refractivity contribution is 7.89. The van der Waals surface area contributed by atoms with Gasteiger partial charge in [0.1, 0.15) is 6.10 Å². The summed E-state index contributed by atoms with van der Waals surface area (Å²) in [5, 5.41) is 13.0. The van der Waals surface area contributed by atoms with Crippen LogP contribution < -0.4 is 10.0 Å². The number of ether oxygens (including phenoxy) is 1. The van der Waals surface area contributed by atoms with Crippen molar-refractivity contribution in [3.05, 3.63) is 65.2 Å². The fourth-order valence-corrected chi connectivity index (χ4v) is 4.77. The van der Waals surface area contributed by atoms with Gasteiger partial charge in [-0.2, -0.15) is 0 Å². The molecule has 2 aromatic carbocycles. The molecule has 1 fully saturated rings. The number of amides is 1. The minimum absolute atomic E-state index is 0.108. The standard InChI is InChI=1S/C21H25ClN2O5S/c22-16-7-4-8-18(13-16)30(27,28)23-12-11-17-9-10-19(20(14-25)29-17)24-21(26)15-5-2-1-3-6-15/h1-8,13,17,19-20,23,25H,9-12,14H2,(H,24,26)/t17-,19-,20+/m0/s1. The first-order valence-corrected chi connectivity index (χ1v) is 11.6. The van der Waals surface area contributed by atoms with Crippen LogP contribution in [0.3, 0.4) is 0 Å². The molecular weight excluding hydrogens is 428 g/mol. The monoisotopic (exact) mass is 452 g/mol. The maximum Gasteiger partial charge on any atom is 0.251 e. The predicted octanol–water partition coefficient (Wildman–Crippen LogP) is 2.35. The summed E-state index contributed by atoms with van der Waals surface area (Å²) in [6, 6.07) is 14.6. The van der Waals surface area contributed by atoms with Crippen LogP contribution in [0.2, 0.25) is 5.02 Å². The van der Waals surface area contributed by atoms with Gasteiger partial charge < -0.3 is 15.2 Å². The van der Waals surface area contributed by atoms with Gasteiger partial charge in [0.2, 0.25) is 10.0 Å². The molecule has 9 heteroatoms. The highest BCUT2D eigenvalue weighted by atomic mass is 35.5. The first-order chi connectivity index (χ1) is 14.4. The molecule has 162 valence electrons. The molecule has 30 heavy (non-hydrogen) atoms. The molecule has 1 saturated heterocycles. The summed E-state index contributed by atoms with van der Waals surface area (Å²) in [5.41, 5.74) is 0.548. The van der Waals surface area contributed by atoms with Crippen LogP contribution in [0.15, 0.2) is 59.5 Å². The topological polar surface area (TPSA) is 105 Å². The van der Waals surface area contributed by atoms with E-state index in [1.54, 1.807) is 36.4 Å². The van der Waals surface area contributed by atoms with Crippen LogP contribution in [0.4, 0.5) is 0 Å². The lowest BCUT2D eigenvalue weighted by Crippen LogP contribution is -2.51. The molecule has 1 amide bonds. The molecule has 0 saturated carbocycles. The Bertz CT molecular complexity index is 955. The van der Waals surface area contributed by atoms with E-state index >= 15 is 0 Å². The second-order valence-electron chi connectivity index (χ2n) is 7.15. The molecule has 1 aliphatic heterocycles. The van der Waals surface area contributed by atoms with Gasteiger partial charge in [-0.05, 0) is 49.6 Å². The van der Waals surface area contributed by atoms with Crippen LogP contribution in [0.1, 0.15) is 29.6 Å². The normalized spacial score (nSPS) is 21.9. The molecule has 3 N–H and O–H groups in total. The van der Waals surface area contributed by atoms with Gasteiger partial charge in [-0.25, -0.2) is 13.1 Å². The summed E-state index contributed by atoms with van der Waals surface area (Å²) in [7, 11) is -3.66. The van der Waals surface area contributed by atoms with Crippen molar-refractivity contribution in [1.82, 2.24) is 10.0 Å². The van der Waals surface area contributed by atoms with Gasteiger partial charge in [-0.1, -0.05) is 35.9 Å². The molecule has 3 atom stereocenters. The van der Waals surface area contributed by atoms with Crippen molar-refractivity contribution in [1.29, 1.82) is 0 Å². The van der Waals surface area contributed by atoms with E-state index in [1.807, 2.05) is 6.07 Å². The van der Waals surface area contributed by atoms with Crippen LogP contribution >= 0.6 is 11.6 Å². The van der Waals surface area contributed by atoms with E-state index in [4.69, 9.17) is 16.3 Å². The zero-order valence-corrected chi connectivity index (χ0v) is 17.9. The Morgan fingerprint density at radius 3 is 2.60 bits per heavy atom. The van der Waals surface area contributed by atoms with Crippen LogP contribution in [-0.4, -0.2) is 50.8 Å². The number of aliphatic hydroxyl groups excluding tert-OH is 1. The van der Waals surface area contributed by atoms with Gasteiger partial charge in [0.15, 0.2) is 0 Å². The van der Waals surface area contributed by atoms with E-state index < -0.39 is 16.1 Å². The third-order valence-electron chi connectivity index (χ3n) is 5.01. The van der Waals surface area contributed by atoms with Crippen molar-refractivity contribution in [2.75, 3.05) is 13.2 Å². The van der Waals surface area contributed by atoms with Gasteiger partial charge in [0.25, 0.3) is 5.91 Å². The maximum atomic E-state index is 12.4. The fourth-order valence-electron chi connectivity index (χ4n) is 3.42. The van der Waals surface area contributed by atoms with Gasteiger partial charge >= 0.3 is 0 Å². The number of sulfonamides is 1. The summed E-state index contributed by atoms with van der Waals surface area (Å²) in [6.07, 6.45) is 0.982.